The molecule has 0 saturated heterocycles. The van der Waals surface area contributed by atoms with Crippen molar-refractivity contribution in [2.75, 3.05) is 13.6 Å². The molecule has 2 heteroatoms. The highest BCUT2D eigenvalue weighted by Gasteiger charge is 2.22. The highest BCUT2D eigenvalue weighted by Crippen LogP contribution is 2.18. The van der Waals surface area contributed by atoms with E-state index in [9.17, 15) is 0 Å². The van der Waals surface area contributed by atoms with E-state index in [0.717, 1.165) is 19.5 Å². The van der Waals surface area contributed by atoms with E-state index in [-0.39, 0.29) is 5.54 Å². The lowest BCUT2D eigenvalue weighted by Gasteiger charge is -2.35. The van der Waals surface area contributed by atoms with Gasteiger partial charge in [0.25, 0.3) is 0 Å². The highest BCUT2D eigenvalue weighted by atomic mass is 15.2. The molecule has 0 spiro atoms. The van der Waals surface area contributed by atoms with E-state index < -0.39 is 0 Å². The molecule has 0 saturated carbocycles. The Hall–Kier alpha value is -0.860. The Kier molecular flexibility index (Phi) is 4.30. The van der Waals surface area contributed by atoms with Crippen LogP contribution in [-0.4, -0.2) is 24.0 Å². The van der Waals surface area contributed by atoms with E-state index >= 15 is 0 Å². The molecule has 0 fully saturated rings. The Labute approximate surface area is 93.1 Å². The zero-order valence-corrected chi connectivity index (χ0v) is 10.0. The second-order valence-electron chi connectivity index (χ2n) is 4.69. The van der Waals surface area contributed by atoms with Crippen molar-refractivity contribution in [2.24, 2.45) is 5.73 Å². The van der Waals surface area contributed by atoms with Crippen molar-refractivity contribution < 1.29 is 0 Å². The van der Waals surface area contributed by atoms with Crippen LogP contribution < -0.4 is 5.73 Å². The fourth-order valence-corrected chi connectivity index (χ4v) is 1.62. The highest BCUT2D eigenvalue weighted by molar-refractivity contribution is 5.14. The average Bonchev–Trinajstić information content (AvgIpc) is 2.19. The summed E-state index contributed by atoms with van der Waals surface area (Å²) >= 11 is 0. The maximum absolute atomic E-state index is 5.62. The van der Waals surface area contributed by atoms with Crippen LogP contribution in [0.4, 0.5) is 0 Å². The summed E-state index contributed by atoms with van der Waals surface area (Å²) in [6.45, 7) is 6.20. The first-order valence-corrected chi connectivity index (χ1v) is 5.51. The molecule has 15 heavy (non-hydrogen) atoms. The largest absolute Gasteiger partial charge is 0.330 e. The third-order valence-electron chi connectivity index (χ3n) is 3.05. The monoisotopic (exact) mass is 206 g/mol. The second kappa shape index (κ2) is 5.29. The molecule has 0 atom stereocenters. The molecule has 0 aromatic heterocycles. The third kappa shape index (κ3) is 3.65. The molecule has 0 aliphatic heterocycles. The van der Waals surface area contributed by atoms with Gasteiger partial charge in [0.05, 0.1) is 0 Å². The minimum Gasteiger partial charge on any atom is -0.330 e. The smallest absolute Gasteiger partial charge is 0.0236 e. The quantitative estimate of drug-likeness (QED) is 0.800. The van der Waals surface area contributed by atoms with Crippen molar-refractivity contribution in [1.82, 2.24) is 4.90 Å². The lowest BCUT2D eigenvalue weighted by molar-refractivity contribution is 0.140. The van der Waals surface area contributed by atoms with Crippen LogP contribution in [0, 0.1) is 0 Å². The van der Waals surface area contributed by atoms with Crippen molar-refractivity contribution in [3.63, 3.8) is 0 Å². The van der Waals surface area contributed by atoms with Gasteiger partial charge in [-0.25, -0.2) is 0 Å². The summed E-state index contributed by atoms with van der Waals surface area (Å²) in [5.41, 5.74) is 7.14. The van der Waals surface area contributed by atoms with Gasteiger partial charge >= 0.3 is 0 Å². The molecule has 0 unspecified atom stereocenters. The van der Waals surface area contributed by atoms with Crippen LogP contribution >= 0.6 is 0 Å². The van der Waals surface area contributed by atoms with Gasteiger partial charge in [0.1, 0.15) is 0 Å². The SMILES string of the molecule is CN(Cc1ccccc1)C(C)(C)CCN. The topological polar surface area (TPSA) is 29.3 Å². The van der Waals surface area contributed by atoms with Crippen LogP contribution in [-0.2, 0) is 6.54 Å². The van der Waals surface area contributed by atoms with Crippen molar-refractivity contribution in [3.8, 4) is 0 Å². The van der Waals surface area contributed by atoms with E-state index in [2.05, 4.69) is 56.1 Å². The number of benzene rings is 1. The van der Waals surface area contributed by atoms with Crippen LogP contribution in [0.5, 0.6) is 0 Å². The van der Waals surface area contributed by atoms with Gasteiger partial charge < -0.3 is 5.73 Å². The molecule has 0 aliphatic rings. The Bertz CT molecular complexity index is 280. The van der Waals surface area contributed by atoms with Gasteiger partial charge in [0.15, 0.2) is 0 Å². The summed E-state index contributed by atoms with van der Waals surface area (Å²) in [5, 5.41) is 0. The van der Waals surface area contributed by atoms with E-state index in [1.54, 1.807) is 0 Å². The maximum atomic E-state index is 5.62. The molecule has 1 aromatic carbocycles. The van der Waals surface area contributed by atoms with Gasteiger partial charge in [-0.2, -0.15) is 0 Å². The van der Waals surface area contributed by atoms with Crippen molar-refractivity contribution >= 4 is 0 Å². The number of nitrogens with zero attached hydrogens (tertiary/aromatic N) is 1. The molecule has 0 radical (unpaired) electrons. The van der Waals surface area contributed by atoms with Gasteiger partial charge in [-0.1, -0.05) is 30.3 Å². The summed E-state index contributed by atoms with van der Waals surface area (Å²) in [7, 11) is 2.16. The second-order valence-corrected chi connectivity index (χ2v) is 4.69. The van der Waals surface area contributed by atoms with Crippen LogP contribution in [0.3, 0.4) is 0 Å². The van der Waals surface area contributed by atoms with Gasteiger partial charge in [0.2, 0.25) is 0 Å². The molecule has 1 aromatic rings. The average molecular weight is 206 g/mol. The van der Waals surface area contributed by atoms with Crippen LogP contribution in [0.25, 0.3) is 0 Å². The first kappa shape index (κ1) is 12.2. The standard InChI is InChI=1S/C13H22N2/c1-13(2,9-10-14)15(3)11-12-7-5-4-6-8-12/h4-8H,9-11,14H2,1-3H3. The first-order chi connectivity index (χ1) is 7.06. The van der Waals surface area contributed by atoms with Crippen molar-refractivity contribution in [2.45, 2.75) is 32.4 Å². The van der Waals surface area contributed by atoms with Crippen LogP contribution in [0.2, 0.25) is 0 Å². The van der Waals surface area contributed by atoms with Gasteiger partial charge in [0, 0.05) is 12.1 Å². The lowest BCUT2D eigenvalue weighted by Crippen LogP contribution is -2.42. The molecule has 2 nitrogen and oxygen atoms in total. The maximum Gasteiger partial charge on any atom is 0.0236 e. The number of hydrogen-bond donors (Lipinski definition) is 1. The minimum absolute atomic E-state index is 0.171. The predicted molar refractivity (Wildman–Crippen MR) is 65.7 cm³/mol. The van der Waals surface area contributed by atoms with E-state index in [1.807, 2.05) is 0 Å². The summed E-state index contributed by atoms with van der Waals surface area (Å²) in [5.74, 6) is 0. The van der Waals surface area contributed by atoms with Gasteiger partial charge in [-0.15, -0.1) is 0 Å². The third-order valence-corrected chi connectivity index (χ3v) is 3.05. The molecule has 0 aliphatic carbocycles. The normalized spacial score (nSPS) is 12.1. The summed E-state index contributed by atoms with van der Waals surface area (Å²) in [4.78, 5) is 2.36. The Morgan fingerprint density at radius 3 is 2.33 bits per heavy atom. The summed E-state index contributed by atoms with van der Waals surface area (Å²) in [6, 6.07) is 10.5. The molecule has 0 bridgehead atoms. The molecule has 1 rings (SSSR count). The number of nitrogens with two attached hydrogens (primary N) is 1. The first-order valence-electron chi connectivity index (χ1n) is 5.51. The zero-order valence-electron chi connectivity index (χ0n) is 10.0. The van der Waals surface area contributed by atoms with E-state index in [1.165, 1.54) is 5.56 Å². The molecular weight excluding hydrogens is 184 g/mol. The molecule has 0 amide bonds. The van der Waals surface area contributed by atoms with Crippen molar-refractivity contribution in [3.05, 3.63) is 35.9 Å². The molecule has 0 heterocycles. The molecule has 84 valence electrons. The fraction of sp³-hybridized carbons (Fsp3) is 0.538. The summed E-state index contributed by atoms with van der Waals surface area (Å²) in [6.07, 6.45) is 1.02. The number of hydrogen-bond acceptors (Lipinski definition) is 2. The summed E-state index contributed by atoms with van der Waals surface area (Å²) < 4.78 is 0. The lowest BCUT2D eigenvalue weighted by atomic mass is 9.98. The van der Waals surface area contributed by atoms with Gasteiger partial charge in [-0.3, -0.25) is 4.90 Å². The van der Waals surface area contributed by atoms with Gasteiger partial charge in [-0.05, 0) is 39.4 Å². The Morgan fingerprint density at radius 2 is 1.80 bits per heavy atom. The molecular formula is C13H22N2. The fourth-order valence-electron chi connectivity index (χ4n) is 1.62. The Morgan fingerprint density at radius 1 is 1.20 bits per heavy atom. The number of rotatable bonds is 5. The molecule has 2 N–H and O–H groups in total. The van der Waals surface area contributed by atoms with E-state index in [4.69, 9.17) is 5.73 Å². The zero-order chi connectivity index (χ0) is 11.3. The van der Waals surface area contributed by atoms with Crippen LogP contribution in [0.15, 0.2) is 30.3 Å². The Balaban J connectivity index is 2.59. The van der Waals surface area contributed by atoms with E-state index in [0.29, 0.717) is 0 Å². The predicted octanol–water partition coefficient (Wildman–Crippen LogP) is 2.25. The van der Waals surface area contributed by atoms with Crippen LogP contribution in [0.1, 0.15) is 25.8 Å². The minimum atomic E-state index is 0.171. The van der Waals surface area contributed by atoms with Crippen molar-refractivity contribution in [1.29, 1.82) is 0 Å².